The summed E-state index contributed by atoms with van der Waals surface area (Å²) >= 11 is 1.41. The van der Waals surface area contributed by atoms with Crippen LogP contribution in [0.2, 0.25) is 0 Å². The lowest BCUT2D eigenvalue weighted by Gasteiger charge is -2.12. The molecule has 124 valence electrons. The average molecular weight is 344 g/mol. The Bertz CT molecular complexity index is 879. The fourth-order valence-electron chi connectivity index (χ4n) is 2.09. The van der Waals surface area contributed by atoms with E-state index in [9.17, 15) is 9.59 Å². The zero-order chi connectivity index (χ0) is 17.1. The second kappa shape index (κ2) is 6.71. The van der Waals surface area contributed by atoms with Crippen molar-refractivity contribution in [1.82, 2.24) is 9.78 Å². The quantitative estimate of drug-likeness (QED) is 0.768. The van der Waals surface area contributed by atoms with Gasteiger partial charge in [-0.1, -0.05) is 6.07 Å². The number of carbonyl (C=O) groups excluding carboxylic acids is 1. The Morgan fingerprint density at radius 2 is 2.04 bits per heavy atom. The summed E-state index contributed by atoms with van der Waals surface area (Å²) < 4.78 is 6.09. The molecule has 3 aromatic rings. The minimum absolute atomic E-state index is 0.205. The molecular formula is C16H16N4O3S. The number of hydrogen-bond acceptors (Lipinski definition) is 6. The maximum Gasteiger partial charge on any atom is 0.437 e. The van der Waals surface area contributed by atoms with E-state index in [2.05, 4.69) is 10.4 Å². The van der Waals surface area contributed by atoms with Gasteiger partial charge in [-0.25, -0.2) is 4.79 Å². The van der Waals surface area contributed by atoms with Gasteiger partial charge in [0, 0.05) is 25.5 Å². The van der Waals surface area contributed by atoms with E-state index < -0.39 is 5.76 Å². The summed E-state index contributed by atoms with van der Waals surface area (Å²) in [6, 6.07) is 11.0. The molecule has 7 nitrogen and oxygen atoms in total. The number of rotatable bonds is 5. The summed E-state index contributed by atoms with van der Waals surface area (Å²) in [5.74, 6) is -0.782. The van der Waals surface area contributed by atoms with Crippen molar-refractivity contribution in [3.63, 3.8) is 0 Å². The predicted octanol–water partition coefficient (Wildman–Crippen LogP) is 2.27. The molecule has 1 amide bonds. The molecule has 1 aromatic carbocycles. The van der Waals surface area contributed by atoms with Gasteiger partial charge in [-0.3, -0.25) is 4.79 Å². The number of thiophene rings is 1. The van der Waals surface area contributed by atoms with Gasteiger partial charge in [-0.15, -0.1) is 16.4 Å². The Morgan fingerprint density at radius 1 is 1.29 bits per heavy atom. The van der Waals surface area contributed by atoms with E-state index in [-0.39, 0.29) is 18.3 Å². The summed E-state index contributed by atoms with van der Waals surface area (Å²) in [4.78, 5) is 26.6. The van der Waals surface area contributed by atoms with Crippen LogP contribution in [0.1, 0.15) is 0 Å². The van der Waals surface area contributed by atoms with Crippen molar-refractivity contribution < 1.29 is 9.21 Å². The first-order chi connectivity index (χ1) is 11.5. The third kappa shape index (κ3) is 3.54. The summed E-state index contributed by atoms with van der Waals surface area (Å²) in [5.41, 5.74) is 1.68. The van der Waals surface area contributed by atoms with E-state index in [1.807, 2.05) is 42.6 Å². The van der Waals surface area contributed by atoms with Crippen LogP contribution >= 0.6 is 11.3 Å². The lowest BCUT2D eigenvalue weighted by Crippen LogP contribution is -2.25. The highest BCUT2D eigenvalue weighted by Crippen LogP contribution is 2.21. The highest BCUT2D eigenvalue weighted by molar-refractivity contribution is 7.13. The van der Waals surface area contributed by atoms with Crippen molar-refractivity contribution in [3.05, 3.63) is 52.3 Å². The number of amides is 1. The van der Waals surface area contributed by atoms with E-state index in [1.54, 1.807) is 18.2 Å². The van der Waals surface area contributed by atoms with E-state index in [0.717, 1.165) is 15.2 Å². The van der Waals surface area contributed by atoms with Gasteiger partial charge < -0.3 is 14.6 Å². The van der Waals surface area contributed by atoms with Crippen LogP contribution in [0.4, 0.5) is 11.4 Å². The zero-order valence-corrected chi connectivity index (χ0v) is 14.0. The fraction of sp³-hybridized carbons (Fsp3) is 0.188. The van der Waals surface area contributed by atoms with Crippen molar-refractivity contribution in [2.45, 2.75) is 6.54 Å². The van der Waals surface area contributed by atoms with Crippen LogP contribution in [0.25, 0.3) is 10.8 Å². The number of benzene rings is 1. The monoisotopic (exact) mass is 344 g/mol. The van der Waals surface area contributed by atoms with Crippen LogP contribution in [0.15, 0.2) is 51.0 Å². The number of aromatic nitrogens is 2. The molecule has 0 unspecified atom stereocenters. The Morgan fingerprint density at radius 3 is 2.67 bits per heavy atom. The number of nitrogens with one attached hydrogen (secondary N) is 1. The fourth-order valence-corrected chi connectivity index (χ4v) is 2.73. The van der Waals surface area contributed by atoms with Crippen LogP contribution in [0.5, 0.6) is 0 Å². The summed E-state index contributed by atoms with van der Waals surface area (Å²) in [6.45, 7) is -0.205. The molecule has 0 bridgehead atoms. The zero-order valence-electron chi connectivity index (χ0n) is 13.2. The Balaban J connectivity index is 1.68. The largest absolute Gasteiger partial charge is 0.437 e. The molecule has 0 spiro atoms. The van der Waals surface area contributed by atoms with Crippen LogP contribution in [0.3, 0.4) is 0 Å². The second-order valence-electron chi connectivity index (χ2n) is 5.30. The number of carbonyl (C=O) groups is 1. The highest BCUT2D eigenvalue weighted by atomic mass is 32.1. The van der Waals surface area contributed by atoms with E-state index in [0.29, 0.717) is 5.69 Å². The molecule has 2 aromatic heterocycles. The average Bonchev–Trinajstić information content (AvgIpc) is 3.18. The van der Waals surface area contributed by atoms with Crippen molar-refractivity contribution in [3.8, 4) is 10.8 Å². The Kier molecular flexibility index (Phi) is 4.48. The van der Waals surface area contributed by atoms with Crippen molar-refractivity contribution in [2.24, 2.45) is 0 Å². The summed E-state index contributed by atoms with van der Waals surface area (Å²) in [7, 11) is 3.88. The van der Waals surface area contributed by atoms with Gasteiger partial charge in [0.15, 0.2) is 0 Å². The molecule has 0 aliphatic carbocycles. The lowest BCUT2D eigenvalue weighted by molar-refractivity contribution is -0.117. The number of hydrogen-bond donors (Lipinski definition) is 1. The first-order valence-corrected chi connectivity index (χ1v) is 8.10. The number of nitrogens with zero attached hydrogens (tertiary/aromatic N) is 3. The van der Waals surface area contributed by atoms with Gasteiger partial charge in [0.05, 0.1) is 4.88 Å². The molecule has 0 aliphatic rings. The van der Waals surface area contributed by atoms with Crippen molar-refractivity contribution >= 4 is 28.6 Å². The van der Waals surface area contributed by atoms with E-state index in [4.69, 9.17) is 4.42 Å². The smallest absolute Gasteiger partial charge is 0.387 e. The minimum atomic E-state index is -0.656. The molecule has 1 N–H and O–H groups in total. The maximum absolute atomic E-state index is 12.1. The third-order valence-corrected chi connectivity index (χ3v) is 4.16. The molecule has 0 radical (unpaired) electrons. The van der Waals surface area contributed by atoms with Crippen LogP contribution in [-0.4, -0.2) is 29.8 Å². The lowest BCUT2D eigenvalue weighted by atomic mass is 10.2. The predicted molar refractivity (Wildman–Crippen MR) is 93.5 cm³/mol. The first-order valence-electron chi connectivity index (χ1n) is 7.22. The third-order valence-electron chi connectivity index (χ3n) is 3.30. The van der Waals surface area contributed by atoms with E-state index in [1.165, 1.54) is 11.3 Å². The molecular weight excluding hydrogens is 328 g/mol. The first kappa shape index (κ1) is 16.0. The summed E-state index contributed by atoms with van der Waals surface area (Å²) in [6.07, 6.45) is 0. The molecule has 0 saturated heterocycles. The maximum atomic E-state index is 12.1. The van der Waals surface area contributed by atoms with Crippen LogP contribution in [-0.2, 0) is 11.3 Å². The molecule has 8 heteroatoms. The minimum Gasteiger partial charge on any atom is -0.387 e. The highest BCUT2D eigenvalue weighted by Gasteiger charge is 2.14. The standard InChI is InChI=1S/C16H16N4O3S/c1-19(2)12-7-5-11(6-8-12)17-14(21)10-20-16(22)23-15(18-20)13-4-3-9-24-13/h3-9H,10H2,1-2H3,(H,17,21). The molecule has 0 atom stereocenters. The number of anilines is 2. The normalized spacial score (nSPS) is 10.6. The molecule has 3 rings (SSSR count). The van der Waals surface area contributed by atoms with E-state index >= 15 is 0 Å². The van der Waals surface area contributed by atoms with Crippen molar-refractivity contribution in [1.29, 1.82) is 0 Å². The molecule has 2 heterocycles. The van der Waals surface area contributed by atoms with Gasteiger partial charge in [0.1, 0.15) is 6.54 Å². The molecule has 24 heavy (non-hydrogen) atoms. The van der Waals surface area contributed by atoms with Gasteiger partial charge in [-0.2, -0.15) is 4.68 Å². The molecule has 0 aliphatic heterocycles. The van der Waals surface area contributed by atoms with Gasteiger partial charge >= 0.3 is 5.76 Å². The molecule has 0 saturated carbocycles. The van der Waals surface area contributed by atoms with Gasteiger partial charge in [0.2, 0.25) is 5.91 Å². The molecule has 0 fully saturated rings. The summed E-state index contributed by atoms with van der Waals surface area (Å²) in [5, 5.41) is 8.64. The van der Waals surface area contributed by atoms with Gasteiger partial charge in [0.25, 0.3) is 5.89 Å². The van der Waals surface area contributed by atoms with Crippen LogP contribution < -0.4 is 16.0 Å². The SMILES string of the molecule is CN(C)c1ccc(NC(=O)Cn2nc(-c3cccs3)oc2=O)cc1. The Hall–Kier alpha value is -2.87. The second-order valence-corrected chi connectivity index (χ2v) is 6.25. The van der Waals surface area contributed by atoms with Gasteiger partial charge in [-0.05, 0) is 35.7 Å². The van der Waals surface area contributed by atoms with Crippen LogP contribution in [0, 0.1) is 0 Å². The topological polar surface area (TPSA) is 80.4 Å². The van der Waals surface area contributed by atoms with Crippen molar-refractivity contribution in [2.75, 3.05) is 24.3 Å². The Labute approximate surface area is 142 Å².